The summed E-state index contributed by atoms with van der Waals surface area (Å²) in [6.45, 7) is 10.5. The standard InChI is InChI=1S/C20H30N2O6/c1-12(2)16(22(7)19(26)28-20(4,5)6)11-17(27-13(3)23)14-9-8-10-15(21-14)18(24)25/h8-10,12,16-17H,11H2,1-7H3,(H,24,25). The number of amides is 1. The Kier molecular flexibility index (Phi) is 7.96. The number of carboxylic acid groups (broad SMARTS) is 1. The summed E-state index contributed by atoms with van der Waals surface area (Å²) < 4.78 is 10.8. The molecule has 1 aromatic heterocycles. The van der Waals surface area contributed by atoms with E-state index in [-0.39, 0.29) is 24.1 Å². The maximum atomic E-state index is 12.5. The third-order valence-electron chi connectivity index (χ3n) is 4.03. The molecule has 0 bridgehead atoms. The molecule has 1 rings (SSSR count). The quantitative estimate of drug-likeness (QED) is 0.703. The summed E-state index contributed by atoms with van der Waals surface area (Å²) in [5.41, 5.74) is -0.464. The molecule has 0 aromatic carbocycles. The minimum Gasteiger partial charge on any atom is -0.477 e. The first-order valence-corrected chi connectivity index (χ1v) is 9.15. The number of carbonyl (C=O) groups excluding carboxylic acids is 2. The molecular formula is C20H30N2O6. The molecule has 1 heterocycles. The second-order valence-corrected chi connectivity index (χ2v) is 7.99. The molecule has 0 fully saturated rings. The van der Waals surface area contributed by atoms with Crippen molar-refractivity contribution >= 4 is 18.0 Å². The van der Waals surface area contributed by atoms with Crippen LogP contribution in [0.1, 0.15) is 70.2 Å². The van der Waals surface area contributed by atoms with Crippen molar-refractivity contribution in [2.45, 2.75) is 65.7 Å². The molecule has 2 atom stereocenters. The van der Waals surface area contributed by atoms with Gasteiger partial charge in [0.2, 0.25) is 0 Å². The molecule has 0 saturated carbocycles. The van der Waals surface area contributed by atoms with Gasteiger partial charge < -0.3 is 19.5 Å². The Morgan fingerprint density at radius 2 is 1.82 bits per heavy atom. The van der Waals surface area contributed by atoms with E-state index < -0.39 is 29.7 Å². The molecule has 8 heteroatoms. The van der Waals surface area contributed by atoms with Crippen LogP contribution in [0.5, 0.6) is 0 Å². The number of carboxylic acids is 1. The molecule has 0 radical (unpaired) electrons. The summed E-state index contributed by atoms with van der Waals surface area (Å²) in [7, 11) is 1.63. The summed E-state index contributed by atoms with van der Waals surface area (Å²) in [5.74, 6) is -1.66. The Balaban J connectivity index is 3.16. The first-order valence-electron chi connectivity index (χ1n) is 9.15. The van der Waals surface area contributed by atoms with Crippen LogP contribution in [0.2, 0.25) is 0 Å². The Labute approximate surface area is 165 Å². The van der Waals surface area contributed by atoms with Gasteiger partial charge in [-0.05, 0) is 38.8 Å². The Hall–Kier alpha value is -2.64. The average molecular weight is 394 g/mol. The van der Waals surface area contributed by atoms with Crippen LogP contribution in [0.15, 0.2) is 18.2 Å². The lowest BCUT2D eigenvalue weighted by Crippen LogP contribution is -2.44. The van der Waals surface area contributed by atoms with E-state index in [4.69, 9.17) is 9.47 Å². The number of nitrogens with zero attached hydrogens (tertiary/aromatic N) is 2. The fraction of sp³-hybridized carbons (Fsp3) is 0.600. The topological polar surface area (TPSA) is 106 Å². The maximum Gasteiger partial charge on any atom is 0.410 e. The number of rotatable bonds is 7. The van der Waals surface area contributed by atoms with E-state index in [1.807, 2.05) is 13.8 Å². The van der Waals surface area contributed by atoms with Gasteiger partial charge in [-0.25, -0.2) is 14.6 Å². The van der Waals surface area contributed by atoms with E-state index in [0.29, 0.717) is 5.69 Å². The summed E-state index contributed by atoms with van der Waals surface area (Å²) >= 11 is 0. The predicted molar refractivity (Wildman–Crippen MR) is 103 cm³/mol. The fourth-order valence-electron chi connectivity index (χ4n) is 2.75. The van der Waals surface area contributed by atoms with Crippen molar-refractivity contribution in [1.82, 2.24) is 9.88 Å². The van der Waals surface area contributed by atoms with Crippen LogP contribution < -0.4 is 0 Å². The summed E-state index contributed by atoms with van der Waals surface area (Å²) in [4.78, 5) is 40.9. The molecule has 0 saturated heterocycles. The number of hydrogen-bond acceptors (Lipinski definition) is 6. The molecule has 28 heavy (non-hydrogen) atoms. The molecule has 0 spiro atoms. The fourth-order valence-corrected chi connectivity index (χ4v) is 2.75. The van der Waals surface area contributed by atoms with E-state index in [2.05, 4.69) is 4.98 Å². The van der Waals surface area contributed by atoms with Gasteiger partial charge >= 0.3 is 18.0 Å². The normalized spacial score (nSPS) is 13.6. The maximum absolute atomic E-state index is 12.5. The number of esters is 1. The highest BCUT2D eigenvalue weighted by atomic mass is 16.6. The molecular weight excluding hydrogens is 364 g/mol. The van der Waals surface area contributed by atoms with Crippen molar-refractivity contribution in [2.75, 3.05) is 7.05 Å². The van der Waals surface area contributed by atoms with Gasteiger partial charge in [-0.3, -0.25) is 4.79 Å². The second-order valence-electron chi connectivity index (χ2n) is 7.99. The zero-order chi connectivity index (χ0) is 21.6. The van der Waals surface area contributed by atoms with E-state index in [9.17, 15) is 19.5 Å². The van der Waals surface area contributed by atoms with Gasteiger partial charge in [0.1, 0.15) is 17.4 Å². The minimum absolute atomic E-state index is 0.0261. The third kappa shape index (κ3) is 7.17. The molecule has 0 aliphatic carbocycles. The second kappa shape index (κ2) is 9.52. The lowest BCUT2D eigenvalue weighted by molar-refractivity contribution is -0.148. The smallest absolute Gasteiger partial charge is 0.410 e. The largest absolute Gasteiger partial charge is 0.477 e. The van der Waals surface area contributed by atoms with Gasteiger partial charge in [0.25, 0.3) is 0 Å². The zero-order valence-electron chi connectivity index (χ0n) is 17.6. The predicted octanol–water partition coefficient (Wildman–Crippen LogP) is 3.67. The Morgan fingerprint density at radius 1 is 1.21 bits per heavy atom. The first-order chi connectivity index (χ1) is 12.8. The molecule has 156 valence electrons. The monoisotopic (exact) mass is 394 g/mol. The molecule has 8 nitrogen and oxygen atoms in total. The number of pyridine rings is 1. The Bertz CT molecular complexity index is 711. The van der Waals surface area contributed by atoms with E-state index >= 15 is 0 Å². The molecule has 1 N–H and O–H groups in total. The number of aromatic carboxylic acids is 1. The highest BCUT2D eigenvalue weighted by molar-refractivity contribution is 5.85. The summed E-state index contributed by atoms with van der Waals surface area (Å²) in [6.07, 6.45) is -1.03. The molecule has 1 amide bonds. The summed E-state index contributed by atoms with van der Waals surface area (Å²) in [6, 6.07) is 4.19. The highest BCUT2D eigenvalue weighted by Crippen LogP contribution is 2.28. The first kappa shape index (κ1) is 23.4. The summed E-state index contributed by atoms with van der Waals surface area (Å²) in [5, 5.41) is 9.17. The van der Waals surface area contributed by atoms with Crippen molar-refractivity contribution in [3.8, 4) is 0 Å². The highest BCUT2D eigenvalue weighted by Gasteiger charge is 2.31. The Morgan fingerprint density at radius 3 is 2.29 bits per heavy atom. The van der Waals surface area contributed by atoms with Crippen LogP contribution in [-0.4, -0.2) is 51.7 Å². The molecule has 0 aliphatic heterocycles. The lowest BCUT2D eigenvalue weighted by atomic mass is 9.95. The SMILES string of the molecule is CC(=O)OC(CC(C(C)C)N(C)C(=O)OC(C)(C)C)c1cccc(C(=O)O)n1. The van der Waals surface area contributed by atoms with Crippen LogP contribution in [0.3, 0.4) is 0 Å². The van der Waals surface area contributed by atoms with E-state index in [0.717, 1.165) is 0 Å². The van der Waals surface area contributed by atoms with E-state index in [1.165, 1.54) is 17.9 Å². The van der Waals surface area contributed by atoms with Gasteiger partial charge in [0.05, 0.1) is 5.69 Å². The van der Waals surface area contributed by atoms with Gasteiger partial charge in [-0.1, -0.05) is 19.9 Å². The van der Waals surface area contributed by atoms with Gasteiger partial charge in [0.15, 0.2) is 0 Å². The van der Waals surface area contributed by atoms with Crippen LogP contribution in [0.4, 0.5) is 4.79 Å². The third-order valence-corrected chi connectivity index (χ3v) is 4.03. The van der Waals surface area contributed by atoms with Crippen molar-refractivity contribution in [3.63, 3.8) is 0 Å². The number of carbonyl (C=O) groups is 3. The molecule has 2 unspecified atom stereocenters. The molecule has 0 aliphatic rings. The van der Waals surface area contributed by atoms with Crippen molar-refractivity contribution in [1.29, 1.82) is 0 Å². The number of hydrogen-bond donors (Lipinski definition) is 1. The van der Waals surface area contributed by atoms with Crippen LogP contribution in [0, 0.1) is 5.92 Å². The van der Waals surface area contributed by atoms with Crippen LogP contribution >= 0.6 is 0 Å². The zero-order valence-corrected chi connectivity index (χ0v) is 17.6. The van der Waals surface area contributed by atoms with Crippen LogP contribution in [-0.2, 0) is 14.3 Å². The minimum atomic E-state index is -1.17. The van der Waals surface area contributed by atoms with Gasteiger partial charge in [-0.15, -0.1) is 0 Å². The lowest BCUT2D eigenvalue weighted by Gasteiger charge is -2.34. The van der Waals surface area contributed by atoms with Gasteiger partial charge in [0, 0.05) is 26.4 Å². The van der Waals surface area contributed by atoms with Crippen molar-refractivity contribution in [2.24, 2.45) is 5.92 Å². The molecule has 1 aromatic rings. The number of ether oxygens (including phenoxy) is 2. The van der Waals surface area contributed by atoms with Crippen molar-refractivity contribution < 1.29 is 29.0 Å². The van der Waals surface area contributed by atoms with E-state index in [1.54, 1.807) is 40.0 Å². The average Bonchev–Trinajstić information content (AvgIpc) is 2.55. The number of aromatic nitrogens is 1. The van der Waals surface area contributed by atoms with Crippen LogP contribution in [0.25, 0.3) is 0 Å². The van der Waals surface area contributed by atoms with Crippen molar-refractivity contribution in [3.05, 3.63) is 29.6 Å². The van der Waals surface area contributed by atoms with Gasteiger partial charge in [-0.2, -0.15) is 0 Å².